The molecule has 2 saturated heterocycles. The quantitative estimate of drug-likeness (QED) is 0.664. The topological polar surface area (TPSA) is 105 Å². The molecule has 0 aromatic heterocycles. The van der Waals surface area contributed by atoms with Crippen molar-refractivity contribution in [2.75, 3.05) is 19.8 Å². The molecule has 0 radical (unpaired) electrons. The van der Waals surface area contributed by atoms with Crippen LogP contribution in [0.5, 0.6) is 0 Å². The van der Waals surface area contributed by atoms with Gasteiger partial charge in [0.25, 0.3) is 0 Å². The van der Waals surface area contributed by atoms with Crippen LogP contribution in [0.3, 0.4) is 0 Å². The first-order valence-corrected chi connectivity index (χ1v) is 12.3. The van der Waals surface area contributed by atoms with Crippen molar-refractivity contribution < 1.29 is 29.0 Å². The van der Waals surface area contributed by atoms with E-state index in [0.717, 1.165) is 11.1 Å². The van der Waals surface area contributed by atoms with Crippen molar-refractivity contribution in [3.63, 3.8) is 0 Å². The molecule has 2 aliphatic heterocycles. The Labute approximate surface area is 203 Å². The van der Waals surface area contributed by atoms with Gasteiger partial charge in [0.05, 0.1) is 12.1 Å². The molecule has 8 nitrogen and oxygen atoms in total. The third-order valence-corrected chi connectivity index (χ3v) is 7.95. The summed E-state index contributed by atoms with van der Waals surface area (Å²) in [5.74, 6) is -1.38. The number of carboxylic acid groups (broad SMARTS) is 1. The Morgan fingerprint density at radius 2 is 1.71 bits per heavy atom. The largest absolute Gasteiger partial charge is 0.480 e. The predicted octanol–water partition coefficient (Wildman–Crippen LogP) is 3.00. The number of carboxylic acids is 1. The SMILES string of the molecule is O=C(NCC1CC1C(=O)N1C(C(=O)O)CC2OCCC21)OCC1c2ccccc2-c2ccccc21. The zero-order valence-electron chi connectivity index (χ0n) is 19.3. The summed E-state index contributed by atoms with van der Waals surface area (Å²) in [4.78, 5) is 38.8. The fourth-order valence-electron chi connectivity index (χ4n) is 6.11. The van der Waals surface area contributed by atoms with Gasteiger partial charge >= 0.3 is 12.1 Å². The fraction of sp³-hybridized carbons (Fsp3) is 0.444. The zero-order valence-corrected chi connectivity index (χ0v) is 19.3. The number of nitrogens with one attached hydrogen (secondary N) is 1. The number of rotatable bonds is 6. The fourth-order valence-corrected chi connectivity index (χ4v) is 6.11. The molecule has 5 atom stereocenters. The first-order valence-electron chi connectivity index (χ1n) is 12.3. The van der Waals surface area contributed by atoms with Crippen molar-refractivity contribution in [2.45, 2.75) is 43.4 Å². The maximum absolute atomic E-state index is 13.1. The molecular formula is C27H28N2O6. The molecule has 8 heteroatoms. The second kappa shape index (κ2) is 8.68. The highest BCUT2D eigenvalue weighted by Gasteiger charge is 2.55. The van der Waals surface area contributed by atoms with E-state index < -0.39 is 18.1 Å². The van der Waals surface area contributed by atoms with Crippen LogP contribution in [-0.4, -0.2) is 65.9 Å². The van der Waals surface area contributed by atoms with Crippen molar-refractivity contribution >= 4 is 18.0 Å². The molecule has 1 saturated carbocycles. The van der Waals surface area contributed by atoms with Gasteiger partial charge in [-0.3, -0.25) is 4.79 Å². The van der Waals surface area contributed by atoms with Crippen LogP contribution < -0.4 is 5.32 Å². The second-order valence-corrected chi connectivity index (χ2v) is 9.91. The average Bonchev–Trinajstić information content (AvgIpc) is 3.18. The van der Waals surface area contributed by atoms with E-state index >= 15 is 0 Å². The monoisotopic (exact) mass is 476 g/mol. The highest BCUT2D eigenvalue weighted by Crippen LogP contribution is 2.45. The summed E-state index contributed by atoms with van der Waals surface area (Å²) in [6.45, 7) is 1.14. The predicted molar refractivity (Wildman–Crippen MR) is 126 cm³/mol. The van der Waals surface area contributed by atoms with Gasteiger partial charge in [-0.05, 0) is 41.0 Å². The normalized spacial score (nSPS) is 28.2. The Hall–Kier alpha value is -3.39. The molecule has 182 valence electrons. The van der Waals surface area contributed by atoms with E-state index in [2.05, 4.69) is 29.6 Å². The number of carbonyl (C=O) groups is 3. The molecule has 0 spiro atoms. The van der Waals surface area contributed by atoms with Crippen LogP contribution in [0.25, 0.3) is 11.1 Å². The van der Waals surface area contributed by atoms with Gasteiger partial charge in [-0.15, -0.1) is 0 Å². The number of carbonyl (C=O) groups excluding carboxylic acids is 2. The van der Waals surface area contributed by atoms with Gasteiger partial charge < -0.3 is 24.8 Å². The van der Waals surface area contributed by atoms with Crippen molar-refractivity contribution in [3.05, 3.63) is 59.7 Å². The number of alkyl carbamates (subject to hydrolysis) is 1. The first-order chi connectivity index (χ1) is 17.0. The number of ether oxygens (including phenoxy) is 2. The van der Waals surface area contributed by atoms with E-state index in [1.54, 1.807) is 0 Å². The van der Waals surface area contributed by atoms with E-state index in [9.17, 15) is 19.5 Å². The van der Waals surface area contributed by atoms with E-state index in [0.29, 0.717) is 32.4 Å². The molecule has 6 rings (SSSR count). The van der Waals surface area contributed by atoms with Crippen molar-refractivity contribution in [1.82, 2.24) is 10.2 Å². The number of aliphatic carboxylic acids is 1. The van der Waals surface area contributed by atoms with Crippen LogP contribution in [0.2, 0.25) is 0 Å². The third kappa shape index (κ3) is 3.86. The standard InChI is InChI=1S/C27H28N2O6/c30-25(29-22-9-10-34-24(22)12-23(29)26(31)32)20-11-15(20)13-28-27(33)35-14-21-18-7-3-1-5-16(18)17-6-2-4-8-19(17)21/h1-8,15,20-24H,9-14H2,(H,28,33)(H,31,32). The van der Waals surface area contributed by atoms with Crippen LogP contribution in [0.4, 0.5) is 4.79 Å². The molecule has 2 N–H and O–H groups in total. The third-order valence-electron chi connectivity index (χ3n) is 7.95. The Balaban J connectivity index is 1.02. The molecule has 2 aromatic carbocycles. The minimum absolute atomic E-state index is 0.00111. The molecule has 2 amide bonds. The van der Waals surface area contributed by atoms with Gasteiger partial charge in [0.2, 0.25) is 5.91 Å². The molecular weight excluding hydrogens is 448 g/mol. The molecule has 3 fully saturated rings. The summed E-state index contributed by atoms with van der Waals surface area (Å²) in [5, 5.41) is 12.4. The number of benzene rings is 2. The number of hydrogen-bond donors (Lipinski definition) is 2. The smallest absolute Gasteiger partial charge is 0.407 e. The number of amides is 2. The maximum atomic E-state index is 13.1. The summed E-state index contributed by atoms with van der Waals surface area (Å²) in [5.41, 5.74) is 4.66. The van der Waals surface area contributed by atoms with Gasteiger partial charge in [0.1, 0.15) is 12.6 Å². The Morgan fingerprint density at radius 3 is 2.40 bits per heavy atom. The van der Waals surface area contributed by atoms with Crippen molar-refractivity contribution in [3.8, 4) is 11.1 Å². The number of nitrogens with zero attached hydrogens (tertiary/aromatic N) is 1. The van der Waals surface area contributed by atoms with E-state index in [1.165, 1.54) is 16.0 Å². The molecule has 2 heterocycles. The number of fused-ring (bicyclic) bond motifs is 4. The summed E-state index contributed by atoms with van der Waals surface area (Å²) in [7, 11) is 0. The second-order valence-electron chi connectivity index (χ2n) is 9.91. The summed E-state index contributed by atoms with van der Waals surface area (Å²) < 4.78 is 11.2. The average molecular weight is 477 g/mol. The van der Waals surface area contributed by atoms with Crippen molar-refractivity contribution in [1.29, 1.82) is 0 Å². The van der Waals surface area contributed by atoms with Gasteiger partial charge in [-0.1, -0.05) is 48.5 Å². The molecule has 4 aliphatic rings. The van der Waals surface area contributed by atoms with Crippen LogP contribution in [-0.2, 0) is 19.1 Å². The minimum atomic E-state index is -0.981. The molecule has 0 bridgehead atoms. The Bertz CT molecular complexity index is 1140. The number of hydrogen-bond acceptors (Lipinski definition) is 5. The highest BCUT2D eigenvalue weighted by atomic mass is 16.5. The summed E-state index contributed by atoms with van der Waals surface area (Å²) in [6, 6.07) is 15.4. The molecule has 2 aromatic rings. The molecule has 35 heavy (non-hydrogen) atoms. The Kier molecular flexibility index (Phi) is 5.48. The van der Waals surface area contributed by atoms with E-state index in [1.807, 2.05) is 24.3 Å². The Morgan fingerprint density at radius 1 is 1.03 bits per heavy atom. The number of likely N-dealkylation sites (tertiary alicyclic amines) is 1. The van der Waals surface area contributed by atoms with E-state index in [-0.39, 0.29) is 42.4 Å². The summed E-state index contributed by atoms with van der Waals surface area (Å²) in [6.07, 6.45) is 0.982. The lowest BCUT2D eigenvalue weighted by Crippen LogP contribution is -2.46. The van der Waals surface area contributed by atoms with Crippen LogP contribution in [0.15, 0.2) is 48.5 Å². The van der Waals surface area contributed by atoms with Gasteiger partial charge in [-0.25, -0.2) is 9.59 Å². The highest BCUT2D eigenvalue weighted by molar-refractivity contribution is 5.88. The van der Waals surface area contributed by atoms with Crippen LogP contribution in [0, 0.1) is 11.8 Å². The molecule has 2 aliphatic carbocycles. The lowest BCUT2D eigenvalue weighted by atomic mass is 9.98. The summed E-state index contributed by atoms with van der Waals surface area (Å²) >= 11 is 0. The molecule has 5 unspecified atom stereocenters. The lowest BCUT2D eigenvalue weighted by molar-refractivity contribution is -0.150. The first kappa shape index (κ1) is 22.1. The van der Waals surface area contributed by atoms with Crippen molar-refractivity contribution in [2.24, 2.45) is 11.8 Å². The van der Waals surface area contributed by atoms with Gasteiger partial charge in [-0.2, -0.15) is 0 Å². The minimum Gasteiger partial charge on any atom is -0.480 e. The van der Waals surface area contributed by atoms with Gasteiger partial charge in [0.15, 0.2) is 0 Å². The lowest BCUT2D eigenvalue weighted by Gasteiger charge is -2.27. The van der Waals surface area contributed by atoms with E-state index in [4.69, 9.17) is 9.47 Å². The van der Waals surface area contributed by atoms with Gasteiger partial charge in [0, 0.05) is 31.4 Å². The van der Waals surface area contributed by atoms with Crippen LogP contribution in [0.1, 0.15) is 36.3 Å². The van der Waals surface area contributed by atoms with Crippen LogP contribution >= 0.6 is 0 Å². The maximum Gasteiger partial charge on any atom is 0.407 e. The zero-order chi connectivity index (χ0) is 24.1.